The topological polar surface area (TPSA) is 35.2 Å². The lowest BCUT2D eigenvalue weighted by atomic mass is 9.69. The first kappa shape index (κ1) is 9.47. The molecule has 1 saturated carbocycles. The molecule has 0 amide bonds. The van der Waals surface area contributed by atoms with Crippen LogP contribution in [0.3, 0.4) is 0 Å². The molecule has 1 saturated heterocycles. The van der Waals surface area contributed by atoms with Gasteiger partial charge in [-0.1, -0.05) is 13.8 Å². The highest BCUT2D eigenvalue weighted by molar-refractivity contribution is 5.12. The fraction of sp³-hybridized carbons (Fsp3) is 1.00. The molecule has 13 heavy (non-hydrogen) atoms. The van der Waals surface area contributed by atoms with Crippen LogP contribution in [-0.2, 0) is 4.74 Å². The first-order chi connectivity index (χ1) is 5.97. The van der Waals surface area contributed by atoms with Crippen molar-refractivity contribution < 1.29 is 4.74 Å². The minimum atomic E-state index is 0.111. The molecule has 0 aromatic carbocycles. The Balaban J connectivity index is 2.13. The van der Waals surface area contributed by atoms with Crippen molar-refractivity contribution in [3.05, 3.63) is 0 Å². The maximum Gasteiger partial charge on any atom is 0.0581 e. The van der Waals surface area contributed by atoms with E-state index >= 15 is 0 Å². The van der Waals surface area contributed by atoms with E-state index in [1.54, 1.807) is 0 Å². The molecular formula is C11H21NO. The van der Waals surface area contributed by atoms with Gasteiger partial charge in [0.1, 0.15) is 0 Å². The number of rotatable bonds is 2. The van der Waals surface area contributed by atoms with Crippen molar-refractivity contribution in [2.24, 2.45) is 17.1 Å². The van der Waals surface area contributed by atoms with Gasteiger partial charge in [0.15, 0.2) is 0 Å². The summed E-state index contributed by atoms with van der Waals surface area (Å²) in [5.41, 5.74) is 6.67. The van der Waals surface area contributed by atoms with Gasteiger partial charge in [-0.05, 0) is 37.5 Å². The molecule has 0 radical (unpaired) electrons. The van der Waals surface area contributed by atoms with Crippen LogP contribution in [0.15, 0.2) is 0 Å². The molecule has 0 aromatic heterocycles. The van der Waals surface area contributed by atoms with Crippen LogP contribution in [0.1, 0.15) is 40.0 Å². The maximum atomic E-state index is 6.31. The lowest BCUT2D eigenvalue weighted by molar-refractivity contribution is 0.0500. The molecule has 2 heteroatoms. The van der Waals surface area contributed by atoms with Gasteiger partial charge >= 0.3 is 0 Å². The molecule has 2 nitrogen and oxygen atoms in total. The Labute approximate surface area is 80.8 Å². The van der Waals surface area contributed by atoms with E-state index in [1.807, 2.05) is 0 Å². The second-order valence-corrected chi connectivity index (χ2v) is 5.35. The zero-order chi connectivity index (χ0) is 9.69. The van der Waals surface area contributed by atoms with Gasteiger partial charge in [-0.25, -0.2) is 0 Å². The SMILES string of the molecule is CC1OCCC1C(C)(C)C1(N)CC1. The molecule has 2 unspecified atom stereocenters. The Kier molecular flexibility index (Phi) is 1.97. The molecule has 2 rings (SSSR count). The Hall–Kier alpha value is -0.0800. The molecule has 1 aliphatic carbocycles. The van der Waals surface area contributed by atoms with E-state index in [0.717, 1.165) is 6.61 Å². The van der Waals surface area contributed by atoms with Crippen LogP contribution in [0.4, 0.5) is 0 Å². The maximum absolute atomic E-state index is 6.31. The second kappa shape index (κ2) is 2.71. The van der Waals surface area contributed by atoms with Crippen LogP contribution in [-0.4, -0.2) is 18.2 Å². The van der Waals surface area contributed by atoms with E-state index < -0.39 is 0 Å². The molecule has 0 bridgehead atoms. The fourth-order valence-corrected chi connectivity index (χ4v) is 2.83. The van der Waals surface area contributed by atoms with Gasteiger partial charge in [-0.2, -0.15) is 0 Å². The van der Waals surface area contributed by atoms with Crippen molar-refractivity contribution in [3.63, 3.8) is 0 Å². The fourth-order valence-electron chi connectivity index (χ4n) is 2.83. The Morgan fingerprint density at radius 1 is 1.38 bits per heavy atom. The highest BCUT2D eigenvalue weighted by atomic mass is 16.5. The number of ether oxygens (including phenoxy) is 1. The van der Waals surface area contributed by atoms with Crippen molar-refractivity contribution in [1.29, 1.82) is 0 Å². The van der Waals surface area contributed by atoms with Crippen molar-refractivity contribution >= 4 is 0 Å². The van der Waals surface area contributed by atoms with Crippen LogP contribution in [0, 0.1) is 11.3 Å². The minimum Gasteiger partial charge on any atom is -0.378 e. The largest absolute Gasteiger partial charge is 0.378 e. The molecule has 2 N–H and O–H groups in total. The molecule has 0 spiro atoms. The average Bonchev–Trinajstić information content (AvgIpc) is 2.63. The summed E-state index contributed by atoms with van der Waals surface area (Å²) in [4.78, 5) is 0. The molecule has 76 valence electrons. The third-order valence-electron chi connectivity index (χ3n) is 4.38. The molecule has 1 aliphatic heterocycles. The highest BCUT2D eigenvalue weighted by Crippen LogP contribution is 2.54. The molecule has 0 aromatic rings. The van der Waals surface area contributed by atoms with Gasteiger partial charge in [0.25, 0.3) is 0 Å². The van der Waals surface area contributed by atoms with Gasteiger partial charge in [-0.3, -0.25) is 0 Å². The monoisotopic (exact) mass is 183 g/mol. The van der Waals surface area contributed by atoms with E-state index in [2.05, 4.69) is 20.8 Å². The summed E-state index contributed by atoms with van der Waals surface area (Å²) < 4.78 is 5.62. The lowest BCUT2D eigenvalue weighted by Gasteiger charge is -2.39. The normalized spacial score (nSPS) is 37.8. The highest BCUT2D eigenvalue weighted by Gasteiger charge is 2.56. The Bertz CT molecular complexity index is 208. The van der Waals surface area contributed by atoms with Gasteiger partial charge in [0.05, 0.1) is 6.10 Å². The van der Waals surface area contributed by atoms with E-state index in [-0.39, 0.29) is 11.0 Å². The predicted octanol–water partition coefficient (Wildman–Crippen LogP) is 1.93. The Morgan fingerprint density at radius 3 is 2.38 bits per heavy atom. The van der Waals surface area contributed by atoms with Crippen molar-refractivity contribution in [1.82, 2.24) is 0 Å². The van der Waals surface area contributed by atoms with E-state index in [1.165, 1.54) is 19.3 Å². The van der Waals surface area contributed by atoms with Crippen LogP contribution >= 0.6 is 0 Å². The second-order valence-electron chi connectivity index (χ2n) is 5.35. The summed E-state index contributed by atoms with van der Waals surface area (Å²) in [5, 5.41) is 0. The summed E-state index contributed by atoms with van der Waals surface area (Å²) >= 11 is 0. The minimum absolute atomic E-state index is 0.111. The zero-order valence-electron chi connectivity index (χ0n) is 8.97. The third-order valence-corrected chi connectivity index (χ3v) is 4.38. The lowest BCUT2D eigenvalue weighted by Crippen LogP contribution is -2.47. The summed E-state index contributed by atoms with van der Waals surface area (Å²) in [6.07, 6.45) is 3.98. The van der Waals surface area contributed by atoms with E-state index in [4.69, 9.17) is 10.5 Å². The summed E-state index contributed by atoms with van der Waals surface area (Å²) in [6.45, 7) is 7.74. The third kappa shape index (κ3) is 1.31. The summed E-state index contributed by atoms with van der Waals surface area (Å²) in [7, 11) is 0. The van der Waals surface area contributed by atoms with Crippen LogP contribution < -0.4 is 5.73 Å². The standard InChI is InChI=1S/C11H21NO/c1-8-9(4-7-13-8)10(2,3)11(12)5-6-11/h8-9H,4-7,12H2,1-3H3. The van der Waals surface area contributed by atoms with Gasteiger partial charge in [-0.15, -0.1) is 0 Å². The van der Waals surface area contributed by atoms with Gasteiger partial charge in [0, 0.05) is 12.1 Å². The first-order valence-corrected chi connectivity index (χ1v) is 5.38. The molecule has 1 heterocycles. The summed E-state index contributed by atoms with van der Waals surface area (Å²) in [5.74, 6) is 0.653. The number of hydrogen-bond acceptors (Lipinski definition) is 2. The predicted molar refractivity (Wildman–Crippen MR) is 53.5 cm³/mol. The smallest absolute Gasteiger partial charge is 0.0581 e. The van der Waals surface area contributed by atoms with Crippen LogP contribution in [0.2, 0.25) is 0 Å². The first-order valence-electron chi connectivity index (χ1n) is 5.38. The van der Waals surface area contributed by atoms with Crippen LogP contribution in [0.5, 0.6) is 0 Å². The quantitative estimate of drug-likeness (QED) is 0.710. The summed E-state index contributed by atoms with van der Waals surface area (Å²) in [6, 6.07) is 0. The number of nitrogens with two attached hydrogens (primary N) is 1. The average molecular weight is 183 g/mol. The molecule has 2 fully saturated rings. The molecular weight excluding hydrogens is 162 g/mol. The Morgan fingerprint density at radius 2 is 2.00 bits per heavy atom. The van der Waals surface area contributed by atoms with Crippen molar-refractivity contribution in [2.75, 3.05) is 6.61 Å². The van der Waals surface area contributed by atoms with Gasteiger partial charge < -0.3 is 10.5 Å². The number of hydrogen-bond donors (Lipinski definition) is 1. The van der Waals surface area contributed by atoms with Crippen molar-refractivity contribution in [3.8, 4) is 0 Å². The van der Waals surface area contributed by atoms with Gasteiger partial charge in [0.2, 0.25) is 0 Å². The van der Waals surface area contributed by atoms with E-state index in [0.29, 0.717) is 12.0 Å². The van der Waals surface area contributed by atoms with Crippen molar-refractivity contribution in [2.45, 2.75) is 51.7 Å². The zero-order valence-corrected chi connectivity index (χ0v) is 8.97. The van der Waals surface area contributed by atoms with E-state index in [9.17, 15) is 0 Å². The molecule has 2 atom stereocenters. The molecule has 2 aliphatic rings. The van der Waals surface area contributed by atoms with Crippen LogP contribution in [0.25, 0.3) is 0 Å².